The molecule has 2 fully saturated rings. The van der Waals surface area contributed by atoms with Crippen LogP contribution >= 0.6 is 0 Å². The van der Waals surface area contributed by atoms with Crippen molar-refractivity contribution >= 4 is 0 Å². The maximum absolute atomic E-state index is 5.22. The number of hydrogen-bond acceptors (Lipinski definition) is 2. The van der Waals surface area contributed by atoms with E-state index in [0.29, 0.717) is 6.04 Å². The monoisotopic (exact) mass is 231 g/mol. The van der Waals surface area contributed by atoms with E-state index in [4.69, 9.17) is 4.74 Å². The van der Waals surface area contributed by atoms with Gasteiger partial charge < -0.3 is 10.1 Å². The van der Waals surface area contributed by atoms with E-state index in [-0.39, 0.29) is 0 Å². The lowest BCUT2D eigenvalue weighted by Gasteiger charge is -2.32. The van der Waals surface area contributed by atoms with E-state index >= 15 is 0 Å². The van der Waals surface area contributed by atoms with Crippen LogP contribution in [0.3, 0.4) is 0 Å². The number of ether oxygens (including phenoxy) is 1. The van der Waals surface area contributed by atoms with Gasteiger partial charge in [0.25, 0.3) is 0 Å². The average Bonchev–Trinajstić information content (AvgIpc) is 3.12. The Labute approximate surface area is 103 Å². The molecular formula is C15H21NO. The molecule has 2 aliphatic rings. The molecule has 0 amide bonds. The van der Waals surface area contributed by atoms with Crippen molar-refractivity contribution in [1.29, 1.82) is 0 Å². The van der Waals surface area contributed by atoms with Crippen molar-refractivity contribution in [2.24, 2.45) is 5.92 Å². The summed E-state index contributed by atoms with van der Waals surface area (Å²) in [5, 5.41) is 3.83. The molecular weight excluding hydrogens is 210 g/mol. The lowest BCUT2D eigenvalue weighted by molar-refractivity contribution is 0.291. The molecule has 0 aliphatic heterocycles. The number of nitrogens with one attached hydrogen (secondary N) is 1. The zero-order chi connectivity index (χ0) is 11.7. The van der Waals surface area contributed by atoms with Gasteiger partial charge in [-0.05, 0) is 49.3 Å². The molecule has 1 N–H and O–H groups in total. The third-order valence-corrected chi connectivity index (χ3v) is 4.09. The summed E-state index contributed by atoms with van der Waals surface area (Å²) in [7, 11) is 1.72. The Morgan fingerprint density at radius 1 is 1.12 bits per heavy atom. The summed E-state index contributed by atoms with van der Waals surface area (Å²) in [4.78, 5) is 0. The molecule has 0 aromatic heterocycles. The molecule has 0 saturated heterocycles. The summed E-state index contributed by atoms with van der Waals surface area (Å²) in [6.07, 6.45) is 6.89. The van der Waals surface area contributed by atoms with Gasteiger partial charge in [0, 0.05) is 12.1 Å². The first-order valence-electron chi connectivity index (χ1n) is 6.77. The lowest BCUT2D eigenvalue weighted by Crippen LogP contribution is -2.38. The Bertz CT molecular complexity index is 365. The zero-order valence-electron chi connectivity index (χ0n) is 10.5. The molecule has 0 heterocycles. The molecule has 0 spiro atoms. The normalized spacial score (nSPS) is 21.9. The van der Waals surface area contributed by atoms with E-state index in [1.165, 1.54) is 37.7 Å². The van der Waals surface area contributed by atoms with Crippen LogP contribution in [0.25, 0.3) is 0 Å². The SMILES string of the molecule is COc1ccc(C(NC2CCC2)C2CC2)cc1. The quantitative estimate of drug-likeness (QED) is 0.839. The molecule has 0 radical (unpaired) electrons. The summed E-state index contributed by atoms with van der Waals surface area (Å²) in [5.41, 5.74) is 1.43. The fourth-order valence-electron chi connectivity index (χ4n) is 2.57. The fourth-order valence-corrected chi connectivity index (χ4v) is 2.57. The minimum atomic E-state index is 0.575. The second kappa shape index (κ2) is 4.69. The second-order valence-electron chi connectivity index (χ2n) is 5.38. The molecule has 92 valence electrons. The van der Waals surface area contributed by atoms with Crippen LogP contribution in [0, 0.1) is 5.92 Å². The van der Waals surface area contributed by atoms with E-state index in [0.717, 1.165) is 17.7 Å². The predicted molar refractivity (Wildman–Crippen MR) is 69.2 cm³/mol. The molecule has 3 rings (SSSR count). The maximum Gasteiger partial charge on any atom is 0.118 e. The van der Waals surface area contributed by atoms with Crippen LogP contribution in [-0.2, 0) is 0 Å². The van der Waals surface area contributed by atoms with E-state index in [1.807, 2.05) is 0 Å². The van der Waals surface area contributed by atoms with Crippen LogP contribution in [0.1, 0.15) is 43.7 Å². The van der Waals surface area contributed by atoms with Crippen molar-refractivity contribution in [3.8, 4) is 5.75 Å². The lowest BCUT2D eigenvalue weighted by atomic mass is 9.90. The van der Waals surface area contributed by atoms with Crippen molar-refractivity contribution in [1.82, 2.24) is 5.32 Å². The molecule has 1 aromatic carbocycles. The summed E-state index contributed by atoms with van der Waals surface area (Å²) >= 11 is 0. The van der Waals surface area contributed by atoms with Gasteiger partial charge in [0.15, 0.2) is 0 Å². The highest BCUT2D eigenvalue weighted by atomic mass is 16.5. The first-order chi connectivity index (χ1) is 8.36. The number of hydrogen-bond donors (Lipinski definition) is 1. The van der Waals surface area contributed by atoms with Crippen LogP contribution in [0.2, 0.25) is 0 Å². The molecule has 17 heavy (non-hydrogen) atoms. The summed E-state index contributed by atoms with van der Waals surface area (Å²) in [6.45, 7) is 0. The Morgan fingerprint density at radius 2 is 1.82 bits per heavy atom. The van der Waals surface area contributed by atoms with E-state index in [1.54, 1.807) is 7.11 Å². The third kappa shape index (κ3) is 2.47. The summed E-state index contributed by atoms with van der Waals surface area (Å²) in [5.74, 6) is 1.82. The van der Waals surface area contributed by atoms with Crippen molar-refractivity contribution in [2.45, 2.75) is 44.2 Å². The van der Waals surface area contributed by atoms with Crippen molar-refractivity contribution in [2.75, 3.05) is 7.11 Å². The number of benzene rings is 1. The van der Waals surface area contributed by atoms with E-state index in [9.17, 15) is 0 Å². The molecule has 2 saturated carbocycles. The predicted octanol–water partition coefficient (Wildman–Crippen LogP) is 3.29. The second-order valence-corrected chi connectivity index (χ2v) is 5.38. The standard InChI is InChI=1S/C15H21NO/c1-17-14-9-7-12(8-10-14)15(11-5-6-11)16-13-3-2-4-13/h7-11,13,15-16H,2-6H2,1H3. The Hall–Kier alpha value is -1.02. The Kier molecular flexibility index (Phi) is 3.06. The fraction of sp³-hybridized carbons (Fsp3) is 0.600. The van der Waals surface area contributed by atoms with Gasteiger partial charge in [0.1, 0.15) is 5.75 Å². The largest absolute Gasteiger partial charge is 0.497 e. The zero-order valence-corrected chi connectivity index (χ0v) is 10.5. The number of methoxy groups -OCH3 is 1. The molecule has 1 aromatic rings. The van der Waals surface area contributed by atoms with Gasteiger partial charge in [-0.2, -0.15) is 0 Å². The van der Waals surface area contributed by atoms with Crippen LogP contribution in [0.15, 0.2) is 24.3 Å². The van der Waals surface area contributed by atoms with Gasteiger partial charge in [-0.25, -0.2) is 0 Å². The topological polar surface area (TPSA) is 21.3 Å². The molecule has 1 unspecified atom stereocenters. The van der Waals surface area contributed by atoms with Gasteiger partial charge in [-0.1, -0.05) is 18.6 Å². The first kappa shape index (κ1) is 11.1. The Morgan fingerprint density at radius 3 is 2.29 bits per heavy atom. The first-order valence-corrected chi connectivity index (χ1v) is 6.77. The van der Waals surface area contributed by atoms with Gasteiger partial charge in [-0.3, -0.25) is 0 Å². The van der Waals surface area contributed by atoms with Gasteiger partial charge in [0.05, 0.1) is 7.11 Å². The summed E-state index contributed by atoms with van der Waals surface area (Å²) < 4.78 is 5.22. The van der Waals surface area contributed by atoms with Crippen LogP contribution in [0.4, 0.5) is 0 Å². The van der Waals surface area contributed by atoms with Crippen molar-refractivity contribution < 1.29 is 4.74 Å². The molecule has 2 aliphatic carbocycles. The van der Waals surface area contributed by atoms with Gasteiger partial charge in [0.2, 0.25) is 0 Å². The van der Waals surface area contributed by atoms with Gasteiger partial charge >= 0.3 is 0 Å². The molecule has 2 heteroatoms. The van der Waals surface area contributed by atoms with E-state index < -0.39 is 0 Å². The van der Waals surface area contributed by atoms with Crippen molar-refractivity contribution in [3.63, 3.8) is 0 Å². The highest BCUT2D eigenvalue weighted by Gasteiger charge is 2.34. The maximum atomic E-state index is 5.22. The molecule has 1 atom stereocenters. The average molecular weight is 231 g/mol. The van der Waals surface area contributed by atoms with E-state index in [2.05, 4.69) is 29.6 Å². The highest BCUT2D eigenvalue weighted by molar-refractivity contribution is 5.30. The molecule has 0 bridgehead atoms. The van der Waals surface area contributed by atoms with Gasteiger partial charge in [-0.15, -0.1) is 0 Å². The number of rotatable bonds is 5. The minimum absolute atomic E-state index is 0.575. The molecule has 2 nitrogen and oxygen atoms in total. The van der Waals surface area contributed by atoms with Crippen LogP contribution in [0.5, 0.6) is 5.75 Å². The summed E-state index contributed by atoms with van der Waals surface area (Å²) in [6, 6.07) is 9.93. The third-order valence-electron chi connectivity index (χ3n) is 4.09. The van der Waals surface area contributed by atoms with Crippen LogP contribution < -0.4 is 10.1 Å². The minimum Gasteiger partial charge on any atom is -0.497 e. The van der Waals surface area contributed by atoms with Crippen molar-refractivity contribution in [3.05, 3.63) is 29.8 Å². The van der Waals surface area contributed by atoms with Crippen LogP contribution in [-0.4, -0.2) is 13.2 Å². The smallest absolute Gasteiger partial charge is 0.118 e. The highest BCUT2D eigenvalue weighted by Crippen LogP contribution is 2.42. The Balaban J connectivity index is 1.71.